The van der Waals surface area contributed by atoms with Crippen molar-refractivity contribution in [3.8, 4) is 0 Å². The van der Waals surface area contributed by atoms with E-state index in [0.29, 0.717) is 31.6 Å². The van der Waals surface area contributed by atoms with Crippen LogP contribution in [0.15, 0.2) is 54.6 Å². The summed E-state index contributed by atoms with van der Waals surface area (Å²) in [4.78, 5) is 27.7. The molecule has 8 heteroatoms. The van der Waals surface area contributed by atoms with Gasteiger partial charge in [0.25, 0.3) is 0 Å². The Labute approximate surface area is 191 Å². The Morgan fingerprint density at radius 2 is 1.62 bits per heavy atom. The van der Waals surface area contributed by atoms with Crippen LogP contribution in [0.2, 0.25) is 0 Å². The van der Waals surface area contributed by atoms with Gasteiger partial charge in [-0.05, 0) is 43.9 Å². The van der Waals surface area contributed by atoms with Gasteiger partial charge in [-0.1, -0.05) is 55.5 Å². The number of sulfonamides is 1. The first-order valence-electron chi connectivity index (χ1n) is 10.8. The lowest BCUT2D eigenvalue weighted by Crippen LogP contribution is -2.53. The normalized spacial score (nSPS) is 12.1. The third-order valence-corrected chi connectivity index (χ3v) is 6.41. The summed E-state index contributed by atoms with van der Waals surface area (Å²) in [6.07, 6.45) is 2.07. The van der Waals surface area contributed by atoms with Gasteiger partial charge in [0.05, 0.1) is 11.9 Å². The number of carbonyl (C=O) groups excluding carboxylic acids is 2. The van der Waals surface area contributed by atoms with Crippen LogP contribution < -0.4 is 9.62 Å². The van der Waals surface area contributed by atoms with Crippen LogP contribution >= 0.6 is 0 Å². The van der Waals surface area contributed by atoms with Crippen molar-refractivity contribution in [2.45, 2.75) is 39.7 Å². The Bertz CT molecular complexity index is 1010. The number of amides is 2. The van der Waals surface area contributed by atoms with Crippen LogP contribution in [0.25, 0.3) is 0 Å². The molecular formula is C24H33N3O4S. The molecule has 2 amide bonds. The molecule has 0 unspecified atom stereocenters. The smallest absolute Gasteiger partial charge is 0.244 e. The minimum Gasteiger partial charge on any atom is -0.355 e. The van der Waals surface area contributed by atoms with E-state index in [1.165, 1.54) is 4.90 Å². The first kappa shape index (κ1) is 25.4. The number of hydrogen-bond donors (Lipinski definition) is 1. The Morgan fingerprint density at radius 1 is 1.00 bits per heavy atom. The highest BCUT2D eigenvalue weighted by Crippen LogP contribution is 2.22. The maximum Gasteiger partial charge on any atom is 0.244 e. The number of rotatable bonds is 11. The molecule has 0 aliphatic rings. The van der Waals surface area contributed by atoms with E-state index in [4.69, 9.17) is 0 Å². The van der Waals surface area contributed by atoms with Crippen molar-refractivity contribution in [2.75, 3.05) is 30.2 Å². The second-order valence-corrected chi connectivity index (χ2v) is 9.60. The number of aryl methyl sites for hydroxylation is 1. The van der Waals surface area contributed by atoms with E-state index in [-0.39, 0.29) is 12.5 Å². The van der Waals surface area contributed by atoms with E-state index in [0.717, 1.165) is 21.7 Å². The summed E-state index contributed by atoms with van der Waals surface area (Å²) in [6.45, 7) is 5.87. The fourth-order valence-electron chi connectivity index (χ4n) is 3.63. The van der Waals surface area contributed by atoms with Crippen LogP contribution in [0.5, 0.6) is 0 Å². The molecule has 1 atom stereocenters. The maximum atomic E-state index is 13.5. The number of likely N-dealkylation sites (N-methyl/N-ethyl adjacent to an activating group) is 1. The average molecular weight is 460 g/mol. The maximum absolute atomic E-state index is 13.5. The highest BCUT2D eigenvalue weighted by atomic mass is 32.2. The summed E-state index contributed by atoms with van der Waals surface area (Å²) in [7, 11) is -3.71. The molecule has 0 fully saturated rings. The fraction of sp³-hybridized carbons (Fsp3) is 0.417. The molecule has 0 saturated carbocycles. The van der Waals surface area contributed by atoms with Gasteiger partial charge in [-0.2, -0.15) is 0 Å². The minimum absolute atomic E-state index is 0.238. The topological polar surface area (TPSA) is 86.8 Å². The van der Waals surface area contributed by atoms with Crippen LogP contribution in [0, 0.1) is 6.92 Å². The van der Waals surface area contributed by atoms with Crippen molar-refractivity contribution in [3.05, 3.63) is 65.7 Å². The second kappa shape index (κ2) is 11.7. The molecular weight excluding hydrogens is 426 g/mol. The zero-order valence-electron chi connectivity index (χ0n) is 19.2. The Hall–Kier alpha value is -2.87. The van der Waals surface area contributed by atoms with Crippen LogP contribution in [-0.2, 0) is 26.0 Å². The highest BCUT2D eigenvalue weighted by Gasteiger charge is 2.31. The molecule has 0 heterocycles. The number of nitrogens with zero attached hydrogens (tertiary/aromatic N) is 2. The van der Waals surface area contributed by atoms with Gasteiger partial charge in [0.2, 0.25) is 21.8 Å². The molecule has 0 radical (unpaired) electrons. The van der Waals surface area contributed by atoms with Crippen LogP contribution in [0.3, 0.4) is 0 Å². The number of hydrogen-bond acceptors (Lipinski definition) is 4. The zero-order chi connectivity index (χ0) is 23.7. The average Bonchev–Trinajstić information content (AvgIpc) is 2.75. The fourth-order valence-corrected chi connectivity index (χ4v) is 4.53. The number of nitrogens with one attached hydrogen (secondary N) is 1. The third-order valence-electron chi connectivity index (χ3n) is 5.28. The molecule has 2 rings (SSSR count). The van der Waals surface area contributed by atoms with E-state index >= 15 is 0 Å². The predicted octanol–water partition coefficient (Wildman–Crippen LogP) is 2.75. The monoisotopic (exact) mass is 459 g/mol. The van der Waals surface area contributed by atoms with Crippen molar-refractivity contribution < 1.29 is 18.0 Å². The quantitative estimate of drug-likeness (QED) is 0.560. The minimum atomic E-state index is -3.71. The molecule has 0 aromatic heterocycles. The van der Waals surface area contributed by atoms with Gasteiger partial charge >= 0.3 is 0 Å². The Kier molecular flexibility index (Phi) is 9.26. The molecule has 0 aliphatic carbocycles. The molecule has 32 heavy (non-hydrogen) atoms. The summed E-state index contributed by atoms with van der Waals surface area (Å²) in [5.41, 5.74) is 2.24. The first-order chi connectivity index (χ1) is 15.2. The van der Waals surface area contributed by atoms with E-state index in [9.17, 15) is 18.0 Å². The summed E-state index contributed by atoms with van der Waals surface area (Å²) in [5.74, 6) is -0.647. The van der Waals surface area contributed by atoms with Crippen molar-refractivity contribution in [1.82, 2.24) is 10.2 Å². The third kappa shape index (κ3) is 6.82. The van der Waals surface area contributed by atoms with Gasteiger partial charge in [-0.25, -0.2) is 8.42 Å². The summed E-state index contributed by atoms with van der Waals surface area (Å²) in [6, 6.07) is 16.0. The summed E-state index contributed by atoms with van der Waals surface area (Å²) in [5, 5.41) is 2.79. The molecule has 1 N–H and O–H groups in total. The van der Waals surface area contributed by atoms with Gasteiger partial charge in [-0.3, -0.25) is 13.9 Å². The highest BCUT2D eigenvalue weighted by molar-refractivity contribution is 7.92. The molecule has 174 valence electrons. The van der Waals surface area contributed by atoms with E-state index < -0.39 is 22.0 Å². The van der Waals surface area contributed by atoms with Crippen molar-refractivity contribution in [2.24, 2.45) is 0 Å². The van der Waals surface area contributed by atoms with E-state index in [2.05, 4.69) is 5.32 Å². The number of para-hydroxylation sites is 1. The van der Waals surface area contributed by atoms with Gasteiger partial charge in [-0.15, -0.1) is 0 Å². The van der Waals surface area contributed by atoms with Gasteiger partial charge < -0.3 is 10.2 Å². The summed E-state index contributed by atoms with van der Waals surface area (Å²) >= 11 is 0. The number of benzene rings is 2. The molecule has 0 spiro atoms. The molecule has 2 aromatic carbocycles. The molecule has 0 aliphatic heterocycles. The van der Waals surface area contributed by atoms with Gasteiger partial charge in [0, 0.05) is 13.1 Å². The van der Waals surface area contributed by atoms with Crippen molar-refractivity contribution in [3.63, 3.8) is 0 Å². The lowest BCUT2D eigenvalue weighted by atomic mass is 10.1. The molecule has 0 bridgehead atoms. The zero-order valence-corrected chi connectivity index (χ0v) is 20.1. The van der Waals surface area contributed by atoms with E-state index in [1.807, 2.05) is 50.2 Å². The second-order valence-electron chi connectivity index (χ2n) is 7.70. The van der Waals surface area contributed by atoms with Gasteiger partial charge in [0.15, 0.2) is 0 Å². The number of anilines is 1. The predicted molar refractivity (Wildman–Crippen MR) is 128 cm³/mol. The van der Waals surface area contributed by atoms with Crippen LogP contribution in [-0.4, -0.2) is 57.1 Å². The number of carbonyl (C=O) groups is 2. The Balaban J connectivity index is 2.35. The molecule has 7 nitrogen and oxygen atoms in total. The standard InChI is InChI=1S/C24H33N3O4S/c1-5-21(24(29)25-6-2)26(17-16-20-13-8-7-9-14-20)23(28)18-27(32(4,30)31)22-15-11-10-12-19(22)3/h7-15,21H,5-6,16-18H2,1-4H3,(H,25,29)/t21-/m1/s1. The van der Waals surface area contributed by atoms with Crippen LogP contribution in [0.4, 0.5) is 5.69 Å². The van der Waals surface area contributed by atoms with E-state index in [1.54, 1.807) is 25.1 Å². The Morgan fingerprint density at radius 3 is 2.19 bits per heavy atom. The largest absolute Gasteiger partial charge is 0.355 e. The molecule has 0 saturated heterocycles. The lowest BCUT2D eigenvalue weighted by Gasteiger charge is -2.33. The van der Waals surface area contributed by atoms with Crippen LogP contribution in [0.1, 0.15) is 31.4 Å². The van der Waals surface area contributed by atoms with Crippen molar-refractivity contribution in [1.29, 1.82) is 0 Å². The van der Waals surface area contributed by atoms with Crippen molar-refractivity contribution >= 4 is 27.5 Å². The SMILES string of the molecule is CCNC(=O)[C@@H](CC)N(CCc1ccccc1)C(=O)CN(c1ccccc1C)S(C)(=O)=O. The van der Waals surface area contributed by atoms with Gasteiger partial charge in [0.1, 0.15) is 12.6 Å². The first-order valence-corrected chi connectivity index (χ1v) is 12.7. The lowest BCUT2D eigenvalue weighted by molar-refractivity contribution is -0.139. The molecule has 2 aromatic rings. The summed E-state index contributed by atoms with van der Waals surface area (Å²) < 4.78 is 26.3.